The van der Waals surface area contributed by atoms with Gasteiger partial charge in [0.1, 0.15) is 13.8 Å². The molecular weight excluding hydrogens is 394 g/mol. The summed E-state index contributed by atoms with van der Waals surface area (Å²) in [7, 11) is -1.64. The van der Waals surface area contributed by atoms with E-state index in [2.05, 4.69) is 119 Å². The Bertz CT molecular complexity index is 928. The van der Waals surface area contributed by atoms with Gasteiger partial charge in [-0.3, -0.25) is 4.90 Å². The summed E-state index contributed by atoms with van der Waals surface area (Å²) < 4.78 is 6.28. The van der Waals surface area contributed by atoms with E-state index in [4.69, 9.17) is 4.74 Å². The normalized spacial score (nSPS) is 12.1. The lowest BCUT2D eigenvalue weighted by molar-refractivity contribution is 0.310. The van der Waals surface area contributed by atoms with Crippen molar-refractivity contribution < 1.29 is 4.74 Å². The predicted octanol–water partition coefficient (Wildman–Crippen LogP) is 5.96. The van der Waals surface area contributed by atoms with Crippen LogP contribution in [-0.4, -0.2) is 32.3 Å². The number of hydrogen-bond donors (Lipinski definition) is 0. The van der Waals surface area contributed by atoms with Crippen LogP contribution in [0.1, 0.15) is 38.8 Å². The first kappa shape index (κ1) is 25.0. The Morgan fingerprint density at radius 1 is 1.06 bits per heavy atom. The van der Waals surface area contributed by atoms with Crippen LogP contribution in [0.15, 0.2) is 60.7 Å². The lowest BCUT2D eigenvalue weighted by Gasteiger charge is -2.24. The quantitative estimate of drug-likeness (QED) is 0.357. The van der Waals surface area contributed by atoms with E-state index in [-0.39, 0.29) is 5.41 Å². The molecule has 0 amide bonds. The number of aryl methyl sites for hydroxylation is 1. The largest absolute Gasteiger partial charge is 0.497 e. The fourth-order valence-electron chi connectivity index (χ4n) is 3.23. The van der Waals surface area contributed by atoms with Crippen molar-refractivity contribution in [2.75, 3.05) is 19.3 Å². The predicted molar refractivity (Wildman–Crippen MR) is 138 cm³/mol. The van der Waals surface area contributed by atoms with Crippen LogP contribution in [0.4, 0.5) is 0 Å². The molecule has 0 aromatic heterocycles. The lowest BCUT2D eigenvalue weighted by Crippen LogP contribution is -2.47. The molecule has 0 N–H and O–H groups in total. The van der Waals surface area contributed by atoms with E-state index in [0.717, 1.165) is 31.6 Å². The van der Waals surface area contributed by atoms with Crippen LogP contribution < -0.4 is 9.92 Å². The van der Waals surface area contributed by atoms with Gasteiger partial charge in [-0.25, -0.2) is 0 Å². The number of hydrogen-bond acceptors (Lipinski definition) is 2. The Morgan fingerprint density at radius 3 is 2.48 bits per heavy atom. The van der Waals surface area contributed by atoms with Crippen LogP contribution in [0.25, 0.3) is 0 Å². The van der Waals surface area contributed by atoms with Crippen LogP contribution in [-0.2, 0) is 6.54 Å². The summed E-state index contributed by atoms with van der Waals surface area (Å²) in [6, 6.07) is 17.4. The van der Waals surface area contributed by atoms with Gasteiger partial charge in [0.25, 0.3) is 0 Å². The molecule has 0 bridgehead atoms. The minimum Gasteiger partial charge on any atom is -0.497 e. The summed E-state index contributed by atoms with van der Waals surface area (Å²) in [4.78, 5) is 2.40. The van der Waals surface area contributed by atoms with E-state index in [0.29, 0.717) is 0 Å². The van der Waals surface area contributed by atoms with Crippen molar-refractivity contribution >= 4 is 13.3 Å². The molecule has 3 heteroatoms. The summed E-state index contributed by atoms with van der Waals surface area (Å²) in [6.07, 6.45) is 4.91. The molecule has 0 unspecified atom stereocenters. The Labute approximate surface area is 191 Å². The fraction of sp³-hybridized carbons (Fsp3) is 0.429. The monoisotopic (exact) mass is 433 g/mol. The molecule has 0 heterocycles. The molecule has 166 valence electrons. The van der Waals surface area contributed by atoms with Crippen LogP contribution >= 0.6 is 0 Å². The second kappa shape index (κ2) is 11.4. The molecular formula is C28H39NOSi. The molecule has 0 saturated heterocycles. The van der Waals surface area contributed by atoms with Crippen LogP contribution in [0, 0.1) is 24.2 Å². The van der Waals surface area contributed by atoms with E-state index >= 15 is 0 Å². The highest BCUT2D eigenvalue weighted by molar-refractivity contribution is 6.89. The van der Waals surface area contributed by atoms with E-state index < -0.39 is 8.07 Å². The summed E-state index contributed by atoms with van der Waals surface area (Å²) in [5.74, 6) is 7.36. The second-order valence-electron chi connectivity index (χ2n) is 9.94. The van der Waals surface area contributed by atoms with E-state index in [9.17, 15) is 0 Å². The zero-order chi connectivity index (χ0) is 22.9. The Kier molecular flexibility index (Phi) is 9.16. The van der Waals surface area contributed by atoms with Crippen LogP contribution in [0.5, 0.6) is 5.75 Å². The van der Waals surface area contributed by atoms with E-state index in [1.807, 2.05) is 6.08 Å². The molecule has 2 aromatic rings. The molecule has 0 spiro atoms. The van der Waals surface area contributed by atoms with Gasteiger partial charge < -0.3 is 4.74 Å². The van der Waals surface area contributed by atoms with Crippen molar-refractivity contribution in [1.82, 2.24) is 4.90 Å². The highest BCUT2D eigenvalue weighted by Crippen LogP contribution is 2.17. The van der Waals surface area contributed by atoms with Crippen molar-refractivity contribution in [3.8, 4) is 17.6 Å². The minimum absolute atomic E-state index is 0.0476. The van der Waals surface area contributed by atoms with Crippen molar-refractivity contribution in [3.63, 3.8) is 0 Å². The highest BCUT2D eigenvalue weighted by Gasteiger charge is 2.24. The van der Waals surface area contributed by atoms with E-state index in [1.54, 1.807) is 0 Å². The Balaban J connectivity index is 1.95. The van der Waals surface area contributed by atoms with Gasteiger partial charge in [-0.2, -0.15) is 0 Å². The average molecular weight is 434 g/mol. The van der Waals surface area contributed by atoms with Gasteiger partial charge in [0.05, 0.1) is 6.23 Å². The van der Waals surface area contributed by atoms with Gasteiger partial charge in [0, 0.05) is 18.5 Å². The van der Waals surface area contributed by atoms with Crippen molar-refractivity contribution in [2.24, 2.45) is 5.41 Å². The summed E-state index contributed by atoms with van der Waals surface area (Å²) in [5.41, 5.74) is 2.65. The number of likely N-dealkylation sites (N-methyl/N-ethyl adjacent to an activating group) is 1. The van der Waals surface area contributed by atoms with Gasteiger partial charge in [-0.1, -0.05) is 85.1 Å². The highest BCUT2D eigenvalue weighted by atomic mass is 28.3. The molecule has 2 aromatic carbocycles. The van der Waals surface area contributed by atoms with Gasteiger partial charge >= 0.3 is 0 Å². The van der Waals surface area contributed by atoms with Gasteiger partial charge in [0.2, 0.25) is 0 Å². The molecule has 0 radical (unpaired) electrons. The number of ether oxygens (including phenoxy) is 1. The molecule has 0 aliphatic heterocycles. The van der Waals surface area contributed by atoms with Crippen molar-refractivity contribution in [3.05, 3.63) is 71.8 Å². The minimum atomic E-state index is -1.64. The number of rotatable bonds is 9. The number of benzene rings is 2. The average Bonchev–Trinajstić information content (AvgIpc) is 2.71. The maximum Gasteiger partial charge on any atom is 0.124 e. The topological polar surface area (TPSA) is 12.5 Å². The van der Waals surface area contributed by atoms with Crippen molar-refractivity contribution in [2.45, 2.75) is 54.3 Å². The molecule has 2 rings (SSSR count). The summed E-state index contributed by atoms with van der Waals surface area (Å²) in [6.45, 7) is 18.3. The molecule has 31 heavy (non-hydrogen) atoms. The molecule has 0 aliphatic carbocycles. The third-order valence-corrected chi connectivity index (χ3v) is 7.90. The molecule has 0 fully saturated rings. The number of nitrogens with zero attached hydrogens (tertiary/aromatic N) is 1. The van der Waals surface area contributed by atoms with Crippen LogP contribution in [0.2, 0.25) is 13.1 Å². The third-order valence-electron chi connectivity index (χ3n) is 5.16. The summed E-state index contributed by atoms with van der Waals surface area (Å²) >= 11 is 0. The van der Waals surface area contributed by atoms with Gasteiger partial charge in [-0.15, -0.1) is 0 Å². The van der Waals surface area contributed by atoms with E-state index in [1.165, 1.54) is 16.3 Å². The fourth-order valence-corrected chi connectivity index (χ4v) is 5.09. The first-order chi connectivity index (χ1) is 14.6. The molecule has 0 saturated carbocycles. The maximum atomic E-state index is 6.28. The van der Waals surface area contributed by atoms with Gasteiger partial charge in [0.15, 0.2) is 0 Å². The van der Waals surface area contributed by atoms with Crippen molar-refractivity contribution in [1.29, 1.82) is 0 Å². The second-order valence-corrected chi connectivity index (χ2v) is 14.6. The van der Waals surface area contributed by atoms with Crippen LogP contribution in [0.3, 0.4) is 0 Å². The third kappa shape index (κ3) is 9.17. The standard InChI is InChI=1S/C28H39NOSi/c1-8-29(19-11-9-10-18-28(3,4)5)22-25-15-13-16-26(21-25)30-23-31(6,7)27-17-12-14-24(2)20-27/h9,11-17,20-21H,8,19,22-23H2,1-7H3/b11-9+. The lowest BCUT2D eigenvalue weighted by atomic mass is 9.98. The maximum absolute atomic E-state index is 6.28. The first-order valence-electron chi connectivity index (χ1n) is 11.3. The SMILES string of the molecule is CCN(C/C=C/C#CC(C)(C)C)Cc1cccc(OC[Si](C)(C)c2cccc(C)c2)c1. The first-order valence-corrected chi connectivity index (χ1v) is 14.5. The zero-order valence-corrected chi connectivity index (χ0v) is 21.5. The van der Waals surface area contributed by atoms with Gasteiger partial charge in [-0.05, 0) is 58.0 Å². The Hall–Kier alpha value is -2.28. The number of allylic oxidation sites excluding steroid dienone is 1. The zero-order valence-electron chi connectivity index (χ0n) is 20.5. The molecule has 2 nitrogen and oxygen atoms in total. The molecule has 0 aliphatic rings. The molecule has 0 atom stereocenters. The Morgan fingerprint density at radius 2 is 1.81 bits per heavy atom. The summed E-state index contributed by atoms with van der Waals surface area (Å²) in [5, 5.41) is 1.45. The smallest absolute Gasteiger partial charge is 0.124 e.